The number of carbonyl (C=O) groups is 1. The number of benzene rings is 1. The maximum atomic E-state index is 11.2. The lowest BCUT2D eigenvalue weighted by molar-refractivity contribution is 0.101. The monoisotopic (exact) mass is 241 g/mol. The van der Waals surface area contributed by atoms with E-state index >= 15 is 0 Å². The van der Waals surface area contributed by atoms with Gasteiger partial charge in [0, 0.05) is 24.3 Å². The first-order chi connectivity index (χ1) is 7.10. The normalized spacial score (nSPS) is 9.50. The highest BCUT2D eigenvalue weighted by molar-refractivity contribution is 6.34. The Hall–Kier alpha value is -1.02. The summed E-state index contributed by atoms with van der Waals surface area (Å²) in [5.41, 5.74) is 1.66. The van der Waals surface area contributed by atoms with E-state index in [4.69, 9.17) is 11.6 Å². The second-order valence-electron chi connectivity index (χ2n) is 3.39. The smallest absolute Gasteiger partial charge is 0.161 e. The number of halogens is 1. The van der Waals surface area contributed by atoms with Gasteiger partial charge in [-0.05, 0) is 39.0 Å². The van der Waals surface area contributed by atoms with Gasteiger partial charge >= 0.3 is 0 Å². The minimum Gasteiger partial charge on any atom is -0.372 e. The van der Waals surface area contributed by atoms with Crippen LogP contribution in [0.1, 0.15) is 38.6 Å². The second kappa shape index (κ2) is 6.54. The van der Waals surface area contributed by atoms with E-state index in [1.165, 1.54) is 6.92 Å². The van der Waals surface area contributed by atoms with Gasteiger partial charge in [-0.1, -0.05) is 19.0 Å². The molecule has 0 aliphatic heterocycles. The number of nitrogens with zero attached hydrogens (tertiary/aromatic N) is 1. The minimum atomic E-state index is 0. The van der Waals surface area contributed by atoms with Gasteiger partial charge in [-0.15, -0.1) is 0 Å². The third-order valence-electron chi connectivity index (χ3n) is 2.46. The van der Waals surface area contributed by atoms with E-state index in [1.807, 2.05) is 12.1 Å². The third kappa shape index (κ3) is 3.24. The van der Waals surface area contributed by atoms with E-state index in [0.29, 0.717) is 10.6 Å². The van der Waals surface area contributed by atoms with E-state index in [-0.39, 0.29) is 13.2 Å². The molecule has 1 aromatic carbocycles. The molecule has 0 aromatic heterocycles. The number of hydrogen-bond donors (Lipinski definition) is 0. The quantitative estimate of drug-likeness (QED) is 0.742. The Bertz CT molecular complexity index is 359. The molecule has 0 saturated carbocycles. The van der Waals surface area contributed by atoms with Crippen molar-refractivity contribution in [3.05, 3.63) is 28.8 Å². The molecule has 1 aromatic rings. The van der Waals surface area contributed by atoms with Crippen LogP contribution in [0.15, 0.2) is 18.2 Å². The topological polar surface area (TPSA) is 20.3 Å². The Balaban J connectivity index is 0.00000225. The first-order valence-corrected chi connectivity index (χ1v) is 5.53. The van der Waals surface area contributed by atoms with Crippen molar-refractivity contribution in [2.45, 2.75) is 28.2 Å². The maximum absolute atomic E-state index is 11.2. The van der Waals surface area contributed by atoms with E-state index in [2.05, 4.69) is 18.7 Å². The van der Waals surface area contributed by atoms with Crippen molar-refractivity contribution >= 4 is 23.1 Å². The first-order valence-electron chi connectivity index (χ1n) is 5.15. The van der Waals surface area contributed by atoms with Gasteiger partial charge in [0.05, 0.1) is 5.02 Å². The highest BCUT2D eigenvalue weighted by Gasteiger charge is 2.08. The van der Waals surface area contributed by atoms with Gasteiger partial charge in [0.25, 0.3) is 0 Å². The molecule has 0 saturated heterocycles. The molecule has 90 valence electrons. The van der Waals surface area contributed by atoms with Crippen LogP contribution >= 0.6 is 11.6 Å². The van der Waals surface area contributed by atoms with Crippen molar-refractivity contribution in [1.29, 1.82) is 0 Å². The van der Waals surface area contributed by atoms with E-state index in [9.17, 15) is 4.79 Å². The molecule has 0 aliphatic carbocycles. The Morgan fingerprint density at radius 1 is 1.31 bits per heavy atom. The molecule has 0 spiro atoms. The van der Waals surface area contributed by atoms with Crippen LogP contribution in [-0.2, 0) is 0 Å². The predicted octanol–water partition coefficient (Wildman–Crippen LogP) is 4.02. The summed E-state index contributed by atoms with van der Waals surface area (Å²) in [6.07, 6.45) is 0. The number of ketones is 1. The Morgan fingerprint density at radius 3 is 2.25 bits per heavy atom. The number of hydrogen-bond acceptors (Lipinski definition) is 2. The molecule has 0 N–H and O–H groups in total. The summed E-state index contributed by atoms with van der Waals surface area (Å²) >= 11 is 6.03. The van der Waals surface area contributed by atoms with Crippen molar-refractivity contribution in [2.75, 3.05) is 18.0 Å². The molecule has 3 heteroatoms. The Kier molecular flexibility index (Phi) is 6.12. The first kappa shape index (κ1) is 15.0. The summed E-state index contributed by atoms with van der Waals surface area (Å²) in [5.74, 6) is 0.00565. The predicted molar refractivity (Wildman–Crippen MR) is 71.7 cm³/mol. The SMILES string of the molecule is C.CCN(CC)c1ccc(C(C)=O)c(Cl)c1. The Labute approximate surface area is 103 Å². The number of rotatable bonds is 4. The number of anilines is 1. The molecule has 16 heavy (non-hydrogen) atoms. The summed E-state index contributed by atoms with van der Waals surface area (Å²) in [6.45, 7) is 7.59. The molecular formula is C13H20ClNO. The molecule has 2 nitrogen and oxygen atoms in total. The van der Waals surface area contributed by atoms with Crippen molar-refractivity contribution < 1.29 is 4.79 Å². The van der Waals surface area contributed by atoms with Crippen LogP contribution in [0.25, 0.3) is 0 Å². The molecule has 0 aliphatic rings. The average molecular weight is 242 g/mol. The van der Waals surface area contributed by atoms with Crippen LogP contribution in [0.5, 0.6) is 0 Å². The van der Waals surface area contributed by atoms with Gasteiger partial charge in [0.1, 0.15) is 0 Å². The van der Waals surface area contributed by atoms with E-state index < -0.39 is 0 Å². The molecule has 1 rings (SSSR count). The van der Waals surface area contributed by atoms with Crippen LogP contribution in [0.3, 0.4) is 0 Å². The third-order valence-corrected chi connectivity index (χ3v) is 2.77. The van der Waals surface area contributed by atoms with Gasteiger partial charge in [-0.2, -0.15) is 0 Å². The number of Topliss-reactive ketones (excluding diaryl/α,β-unsaturated/α-hetero) is 1. The van der Waals surface area contributed by atoms with E-state index in [0.717, 1.165) is 18.8 Å². The summed E-state index contributed by atoms with van der Waals surface area (Å²) in [6, 6.07) is 5.58. The van der Waals surface area contributed by atoms with Crippen LogP contribution in [-0.4, -0.2) is 18.9 Å². The second-order valence-corrected chi connectivity index (χ2v) is 3.80. The van der Waals surface area contributed by atoms with Gasteiger partial charge < -0.3 is 4.90 Å². The zero-order valence-electron chi connectivity index (χ0n) is 9.38. The highest BCUT2D eigenvalue weighted by Crippen LogP contribution is 2.23. The lowest BCUT2D eigenvalue weighted by Gasteiger charge is -2.21. The van der Waals surface area contributed by atoms with Crippen molar-refractivity contribution in [2.24, 2.45) is 0 Å². The Morgan fingerprint density at radius 2 is 1.88 bits per heavy atom. The van der Waals surface area contributed by atoms with Gasteiger partial charge in [0.2, 0.25) is 0 Å². The molecule has 0 fully saturated rings. The van der Waals surface area contributed by atoms with Crippen molar-refractivity contribution in [1.82, 2.24) is 0 Å². The van der Waals surface area contributed by atoms with Crippen molar-refractivity contribution in [3.63, 3.8) is 0 Å². The van der Waals surface area contributed by atoms with Gasteiger partial charge in [-0.3, -0.25) is 4.79 Å². The summed E-state index contributed by atoms with van der Waals surface area (Å²) in [5, 5.41) is 0.534. The lowest BCUT2D eigenvalue weighted by atomic mass is 10.1. The largest absolute Gasteiger partial charge is 0.372 e. The fourth-order valence-corrected chi connectivity index (χ4v) is 1.88. The van der Waals surface area contributed by atoms with Gasteiger partial charge in [-0.25, -0.2) is 0 Å². The highest BCUT2D eigenvalue weighted by atomic mass is 35.5. The van der Waals surface area contributed by atoms with Crippen LogP contribution in [0, 0.1) is 0 Å². The molecule has 0 heterocycles. The molecular weight excluding hydrogens is 222 g/mol. The van der Waals surface area contributed by atoms with Crippen LogP contribution in [0.4, 0.5) is 5.69 Å². The summed E-state index contributed by atoms with van der Waals surface area (Å²) in [4.78, 5) is 13.4. The lowest BCUT2D eigenvalue weighted by Crippen LogP contribution is -2.21. The summed E-state index contributed by atoms with van der Waals surface area (Å²) in [7, 11) is 0. The zero-order valence-corrected chi connectivity index (χ0v) is 10.1. The molecule has 0 amide bonds. The van der Waals surface area contributed by atoms with Crippen LogP contribution < -0.4 is 4.90 Å². The average Bonchev–Trinajstić information content (AvgIpc) is 2.19. The standard InChI is InChI=1S/C12H16ClNO.CH4/c1-4-14(5-2)10-6-7-11(9(3)15)12(13)8-10;/h6-8H,4-5H2,1-3H3;1H4. The molecule has 0 radical (unpaired) electrons. The molecule has 0 atom stereocenters. The van der Waals surface area contributed by atoms with Crippen LogP contribution in [0.2, 0.25) is 5.02 Å². The number of carbonyl (C=O) groups excluding carboxylic acids is 1. The maximum Gasteiger partial charge on any atom is 0.161 e. The van der Waals surface area contributed by atoms with E-state index in [1.54, 1.807) is 6.07 Å². The fraction of sp³-hybridized carbons (Fsp3) is 0.462. The zero-order chi connectivity index (χ0) is 11.4. The molecule has 0 unspecified atom stereocenters. The summed E-state index contributed by atoms with van der Waals surface area (Å²) < 4.78 is 0. The van der Waals surface area contributed by atoms with Gasteiger partial charge in [0.15, 0.2) is 5.78 Å². The minimum absolute atomic E-state index is 0. The fourth-order valence-electron chi connectivity index (χ4n) is 1.57. The molecule has 0 bridgehead atoms. The van der Waals surface area contributed by atoms with Crippen molar-refractivity contribution in [3.8, 4) is 0 Å².